The van der Waals surface area contributed by atoms with Crippen LogP contribution < -0.4 is 9.47 Å². The van der Waals surface area contributed by atoms with Crippen molar-refractivity contribution in [2.45, 2.75) is 6.61 Å². The van der Waals surface area contributed by atoms with Gasteiger partial charge < -0.3 is 14.6 Å². The molecule has 0 aliphatic heterocycles. The van der Waals surface area contributed by atoms with E-state index >= 15 is 0 Å². The Kier molecular flexibility index (Phi) is 4.61. The molecule has 0 aliphatic carbocycles. The highest BCUT2D eigenvalue weighted by molar-refractivity contribution is 9.10. The first-order valence-corrected chi connectivity index (χ1v) is 6.62. The lowest BCUT2D eigenvalue weighted by atomic mass is 10.1. The van der Waals surface area contributed by atoms with Gasteiger partial charge in [-0.25, -0.2) is 0 Å². The number of ether oxygens (including phenoxy) is 2. The molecule has 1 N–H and O–H groups in total. The van der Waals surface area contributed by atoms with E-state index in [0.717, 1.165) is 4.47 Å². The molecule has 20 heavy (non-hydrogen) atoms. The number of nitriles is 1. The van der Waals surface area contributed by atoms with E-state index in [1.807, 2.05) is 0 Å². The second kappa shape index (κ2) is 6.42. The van der Waals surface area contributed by atoms with Gasteiger partial charge in [0, 0.05) is 0 Å². The second-order valence-corrected chi connectivity index (χ2v) is 4.85. The molecule has 0 spiro atoms. The molecule has 0 saturated heterocycles. The maximum absolute atomic E-state index is 9.12. The summed E-state index contributed by atoms with van der Waals surface area (Å²) in [6.45, 7) is -0.110. The summed E-state index contributed by atoms with van der Waals surface area (Å²) < 4.78 is 11.6. The highest BCUT2D eigenvalue weighted by atomic mass is 79.9. The van der Waals surface area contributed by atoms with E-state index in [1.165, 1.54) is 0 Å². The lowest BCUT2D eigenvalue weighted by Crippen LogP contribution is -1.92. The number of halogens is 1. The van der Waals surface area contributed by atoms with Crippen molar-refractivity contribution in [1.82, 2.24) is 0 Å². The number of hydrogen-bond donors (Lipinski definition) is 1. The average Bonchev–Trinajstić information content (AvgIpc) is 2.49. The molecule has 0 heterocycles. The third kappa shape index (κ3) is 3.10. The minimum Gasteiger partial charge on any atom is -0.497 e. The van der Waals surface area contributed by atoms with E-state index < -0.39 is 0 Å². The molecule has 4 nitrogen and oxygen atoms in total. The molecule has 102 valence electrons. The Hall–Kier alpha value is -2.03. The standard InChI is InChI=1S/C15H12BrNO3/c1-19-12-3-5-15(13(16)7-12)20-14-4-2-10(9-18)6-11(14)8-17/h2-7,18H,9H2,1H3. The molecule has 0 saturated carbocycles. The van der Waals surface area contributed by atoms with Gasteiger partial charge >= 0.3 is 0 Å². The van der Waals surface area contributed by atoms with Crippen molar-refractivity contribution in [3.05, 3.63) is 52.0 Å². The Labute approximate surface area is 125 Å². The van der Waals surface area contributed by atoms with Crippen LogP contribution in [0.1, 0.15) is 11.1 Å². The van der Waals surface area contributed by atoms with Gasteiger partial charge in [0.05, 0.1) is 23.8 Å². The van der Waals surface area contributed by atoms with E-state index in [-0.39, 0.29) is 6.61 Å². The zero-order chi connectivity index (χ0) is 14.5. The van der Waals surface area contributed by atoms with Gasteiger partial charge in [0.25, 0.3) is 0 Å². The molecule has 0 aromatic heterocycles. The maximum Gasteiger partial charge on any atom is 0.145 e. The third-order valence-corrected chi connectivity index (χ3v) is 3.33. The van der Waals surface area contributed by atoms with Crippen molar-refractivity contribution >= 4 is 15.9 Å². The summed E-state index contributed by atoms with van der Waals surface area (Å²) in [4.78, 5) is 0. The van der Waals surface area contributed by atoms with Gasteiger partial charge in [0.15, 0.2) is 0 Å². The Morgan fingerprint density at radius 3 is 2.55 bits per heavy atom. The molecule has 0 aliphatic rings. The maximum atomic E-state index is 9.12. The number of aliphatic hydroxyl groups is 1. The SMILES string of the molecule is COc1ccc(Oc2ccc(CO)cc2C#N)c(Br)c1. The number of aliphatic hydroxyl groups excluding tert-OH is 1. The Bertz CT molecular complexity index is 665. The molecule has 0 atom stereocenters. The normalized spacial score (nSPS) is 9.90. The first-order valence-electron chi connectivity index (χ1n) is 5.83. The molecule has 5 heteroatoms. The fourth-order valence-corrected chi connectivity index (χ4v) is 2.10. The van der Waals surface area contributed by atoms with Gasteiger partial charge in [-0.3, -0.25) is 0 Å². The summed E-state index contributed by atoms with van der Waals surface area (Å²) in [5, 5.41) is 18.2. The third-order valence-electron chi connectivity index (χ3n) is 2.71. The van der Waals surface area contributed by atoms with E-state index in [0.29, 0.717) is 28.4 Å². The lowest BCUT2D eigenvalue weighted by molar-refractivity contribution is 0.281. The average molecular weight is 334 g/mol. The fourth-order valence-electron chi connectivity index (χ4n) is 1.66. The summed E-state index contributed by atoms with van der Waals surface area (Å²) in [5.74, 6) is 1.73. The highest BCUT2D eigenvalue weighted by Gasteiger charge is 2.09. The van der Waals surface area contributed by atoms with Gasteiger partial charge in [-0.2, -0.15) is 5.26 Å². The predicted octanol–water partition coefficient (Wildman–Crippen LogP) is 3.61. The van der Waals surface area contributed by atoms with Crippen LogP contribution >= 0.6 is 15.9 Å². The van der Waals surface area contributed by atoms with E-state index in [1.54, 1.807) is 43.5 Å². The molecular weight excluding hydrogens is 322 g/mol. The van der Waals surface area contributed by atoms with Crippen molar-refractivity contribution in [3.63, 3.8) is 0 Å². The van der Waals surface area contributed by atoms with Crippen LogP contribution in [0.25, 0.3) is 0 Å². The molecular formula is C15H12BrNO3. The molecule has 0 fully saturated rings. The number of nitrogens with zero attached hydrogens (tertiary/aromatic N) is 1. The van der Waals surface area contributed by atoms with Crippen LogP contribution in [-0.4, -0.2) is 12.2 Å². The quantitative estimate of drug-likeness (QED) is 0.928. The molecule has 2 aromatic carbocycles. The largest absolute Gasteiger partial charge is 0.497 e. The number of hydrogen-bond acceptors (Lipinski definition) is 4. The monoisotopic (exact) mass is 333 g/mol. The van der Waals surface area contributed by atoms with Gasteiger partial charge in [0.2, 0.25) is 0 Å². The Morgan fingerprint density at radius 2 is 1.95 bits per heavy atom. The number of rotatable bonds is 4. The van der Waals surface area contributed by atoms with E-state index in [2.05, 4.69) is 22.0 Å². The second-order valence-electron chi connectivity index (χ2n) is 4.00. The van der Waals surface area contributed by atoms with Crippen molar-refractivity contribution in [3.8, 4) is 23.3 Å². The van der Waals surface area contributed by atoms with E-state index in [4.69, 9.17) is 19.8 Å². The van der Waals surface area contributed by atoms with Crippen LogP contribution in [0.15, 0.2) is 40.9 Å². The van der Waals surface area contributed by atoms with Crippen LogP contribution in [0.4, 0.5) is 0 Å². The summed E-state index contributed by atoms with van der Waals surface area (Å²) in [7, 11) is 1.59. The van der Waals surface area contributed by atoms with Gasteiger partial charge in [-0.15, -0.1) is 0 Å². The summed E-state index contributed by atoms with van der Waals surface area (Å²) in [6.07, 6.45) is 0. The first kappa shape index (κ1) is 14.4. The van der Waals surface area contributed by atoms with Crippen LogP contribution in [-0.2, 0) is 6.61 Å². The molecule has 0 radical (unpaired) electrons. The lowest BCUT2D eigenvalue weighted by Gasteiger charge is -2.11. The number of methoxy groups -OCH3 is 1. The van der Waals surface area contributed by atoms with Gasteiger partial charge in [0.1, 0.15) is 23.3 Å². The Balaban J connectivity index is 2.33. The van der Waals surface area contributed by atoms with Crippen molar-refractivity contribution in [2.24, 2.45) is 0 Å². The van der Waals surface area contributed by atoms with E-state index in [9.17, 15) is 0 Å². The van der Waals surface area contributed by atoms with Crippen molar-refractivity contribution in [2.75, 3.05) is 7.11 Å². The summed E-state index contributed by atoms with van der Waals surface area (Å²) in [5.41, 5.74) is 1.04. The van der Waals surface area contributed by atoms with Crippen LogP contribution in [0.2, 0.25) is 0 Å². The van der Waals surface area contributed by atoms with Crippen LogP contribution in [0, 0.1) is 11.3 Å². The Morgan fingerprint density at radius 1 is 1.20 bits per heavy atom. The van der Waals surface area contributed by atoms with Crippen LogP contribution in [0.5, 0.6) is 17.2 Å². The molecule has 0 unspecified atom stereocenters. The smallest absolute Gasteiger partial charge is 0.145 e. The zero-order valence-electron chi connectivity index (χ0n) is 10.8. The van der Waals surface area contributed by atoms with Crippen molar-refractivity contribution < 1.29 is 14.6 Å². The molecule has 0 bridgehead atoms. The fraction of sp³-hybridized carbons (Fsp3) is 0.133. The zero-order valence-corrected chi connectivity index (χ0v) is 12.3. The van der Waals surface area contributed by atoms with Crippen LogP contribution in [0.3, 0.4) is 0 Å². The summed E-state index contributed by atoms with van der Waals surface area (Å²) in [6, 6.07) is 12.4. The first-order chi connectivity index (χ1) is 9.67. The number of benzene rings is 2. The topological polar surface area (TPSA) is 62.5 Å². The molecule has 2 aromatic rings. The highest BCUT2D eigenvalue weighted by Crippen LogP contribution is 2.34. The van der Waals surface area contributed by atoms with Gasteiger partial charge in [-0.05, 0) is 51.8 Å². The predicted molar refractivity (Wildman–Crippen MR) is 77.8 cm³/mol. The minimum absolute atomic E-state index is 0.110. The molecule has 0 amide bonds. The molecule has 2 rings (SSSR count). The summed E-state index contributed by atoms with van der Waals surface area (Å²) >= 11 is 3.39. The minimum atomic E-state index is -0.110. The van der Waals surface area contributed by atoms with Crippen molar-refractivity contribution in [1.29, 1.82) is 5.26 Å². The van der Waals surface area contributed by atoms with Gasteiger partial charge in [-0.1, -0.05) is 6.07 Å².